The van der Waals surface area contributed by atoms with Gasteiger partial charge in [-0.25, -0.2) is 8.78 Å². The number of rotatable bonds is 3. The Morgan fingerprint density at radius 2 is 1.92 bits per heavy atom. The molecule has 1 saturated carbocycles. The van der Waals surface area contributed by atoms with Crippen LogP contribution in [0.4, 0.5) is 8.78 Å². The third kappa shape index (κ3) is 2.38. The largest absolute Gasteiger partial charge is 0.378 e. The van der Waals surface area contributed by atoms with Crippen LogP contribution in [0.25, 0.3) is 0 Å². The van der Waals surface area contributed by atoms with Crippen LogP contribution >= 0.6 is 0 Å². The average molecular weight is 191 g/mol. The average Bonchev–Trinajstić information content (AvgIpc) is 2.73. The predicted octanol–water partition coefficient (Wildman–Crippen LogP) is 1.41. The molecule has 0 bridgehead atoms. The zero-order valence-corrected chi connectivity index (χ0v) is 7.56. The molecular weight excluding hydrogens is 176 g/mol. The maximum Gasteiger partial charge on any atom is 0.253 e. The van der Waals surface area contributed by atoms with E-state index in [0.29, 0.717) is 0 Å². The number of nitrogens with one attached hydrogen (secondary N) is 1. The summed E-state index contributed by atoms with van der Waals surface area (Å²) in [6.45, 7) is 2.15. The number of hydrogen-bond acceptors (Lipinski definition) is 2. The molecule has 1 unspecified atom stereocenters. The van der Waals surface area contributed by atoms with E-state index in [0.717, 1.165) is 25.9 Å². The van der Waals surface area contributed by atoms with E-state index >= 15 is 0 Å². The Morgan fingerprint density at radius 1 is 1.31 bits per heavy atom. The van der Waals surface area contributed by atoms with E-state index in [-0.39, 0.29) is 19.1 Å². The molecule has 4 heteroatoms. The van der Waals surface area contributed by atoms with Gasteiger partial charge in [-0.3, -0.25) is 0 Å². The molecule has 2 nitrogen and oxygen atoms in total. The lowest BCUT2D eigenvalue weighted by Crippen LogP contribution is -2.33. The predicted molar refractivity (Wildman–Crippen MR) is 44.9 cm³/mol. The van der Waals surface area contributed by atoms with Crippen molar-refractivity contribution in [1.29, 1.82) is 0 Å². The quantitative estimate of drug-likeness (QED) is 0.728. The molecule has 0 aromatic carbocycles. The molecule has 2 rings (SSSR count). The molecule has 2 fully saturated rings. The molecule has 1 N–H and O–H groups in total. The number of alkyl halides is 2. The summed E-state index contributed by atoms with van der Waals surface area (Å²) < 4.78 is 30.3. The van der Waals surface area contributed by atoms with Crippen LogP contribution in [0, 0.1) is 5.92 Å². The Hall–Kier alpha value is -0.220. The highest BCUT2D eigenvalue weighted by atomic mass is 19.3. The minimum absolute atomic E-state index is 0.0258. The molecule has 76 valence electrons. The van der Waals surface area contributed by atoms with Gasteiger partial charge in [0.1, 0.15) is 0 Å². The van der Waals surface area contributed by atoms with Crippen LogP contribution < -0.4 is 5.32 Å². The maximum atomic E-state index is 12.5. The summed E-state index contributed by atoms with van der Waals surface area (Å²) in [7, 11) is 0. The van der Waals surface area contributed by atoms with Crippen molar-refractivity contribution in [2.75, 3.05) is 19.7 Å². The van der Waals surface area contributed by atoms with Crippen LogP contribution in [0.2, 0.25) is 0 Å². The summed E-state index contributed by atoms with van der Waals surface area (Å²) >= 11 is 0. The van der Waals surface area contributed by atoms with Gasteiger partial charge >= 0.3 is 0 Å². The van der Waals surface area contributed by atoms with Crippen LogP contribution in [0.3, 0.4) is 0 Å². The second-order valence-electron chi connectivity index (χ2n) is 3.94. The smallest absolute Gasteiger partial charge is 0.253 e. The van der Waals surface area contributed by atoms with E-state index in [9.17, 15) is 8.78 Å². The monoisotopic (exact) mass is 191 g/mol. The molecular formula is C9H15F2NO. The van der Waals surface area contributed by atoms with E-state index in [2.05, 4.69) is 5.32 Å². The maximum absolute atomic E-state index is 12.5. The van der Waals surface area contributed by atoms with Crippen molar-refractivity contribution in [3.8, 4) is 0 Å². The standard InChI is InChI=1S/C9H15F2NO/c10-9(11)5-7(9)6-13-8-1-3-12-4-2-8/h7-8,12H,1-6H2. The van der Waals surface area contributed by atoms with E-state index < -0.39 is 11.8 Å². The summed E-state index contributed by atoms with van der Waals surface area (Å²) in [4.78, 5) is 0. The Bertz CT molecular complexity index is 180. The van der Waals surface area contributed by atoms with E-state index in [1.54, 1.807) is 0 Å². The van der Waals surface area contributed by atoms with Crippen LogP contribution in [-0.4, -0.2) is 31.7 Å². The third-order valence-electron chi connectivity index (χ3n) is 2.78. The molecule has 1 atom stereocenters. The highest BCUT2D eigenvalue weighted by Gasteiger charge is 2.56. The first-order valence-electron chi connectivity index (χ1n) is 4.88. The highest BCUT2D eigenvalue weighted by Crippen LogP contribution is 2.48. The fourth-order valence-electron chi connectivity index (χ4n) is 1.66. The van der Waals surface area contributed by atoms with Crippen molar-refractivity contribution in [2.24, 2.45) is 5.92 Å². The Morgan fingerprint density at radius 3 is 2.46 bits per heavy atom. The lowest BCUT2D eigenvalue weighted by Gasteiger charge is -2.22. The van der Waals surface area contributed by atoms with Crippen molar-refractivity contribution in [3.63, 3.8) is 0 Å². The van der Waals surface area contributed by atoms with Crippen LogP contribution in [0.15, 0.2) is 0 Å². The number of piperidine rings is 1. The summed E-state index contributed by atoms with van der Waals surface area (Å²) in [5.41, 5.74) is 0. The van der Waals surface area contributed by atoms with Crippen LogP contribution in [0.5, 0.6) is 0 Å². The molecule has 0 aromatic rings. The molecule has 1 saturated heterocycles. The van der Waals surface area contributed by atoms with Gasteiger partial charge in [-0.05, 0) is 25.9 Å². The van der Waals surface area contributed by atoms with Gasteiger partial charge in [0.05, 0.1) is 18.6 Å². The first kappa shape index (κ1) is 9.34. The number of ether oxygens (including phenoxy) is 1. The molecule has 0 amide bonds. The number of halogens is 2. The van der Waals surface area contributed by atoms with Gasteiger partial charge in [-0.2, -0.15) is 0 Å². The van der Waals surface area contributed by atoms with Gasteiger partial charge in [-0.1, -0.05) is 0 Å². The molecule has 13 heavy (non-hydrogen) atoms. The third-order valence-corrected chi connectivity index (χ3v) is 2.78. The lowest BCUT2D eigenvalue weighted by molar-refractivity contribution is 0.00243. The molecule has 2 aliphatic rings. The van der Waals surface area contributed by atoms with Crippen LogP contribution in [0.1, 0.15) is 19.3 Å². The minimum Gasteiger partial charge on any atom is -0.378 e. The normalized spacial score (nSPS) is 33.2. The summed E-state index contributed by atoms with van der Waals surface area (Å²) in [5.74, 6) is -2.92. The first-order chi connectivity index (χ1) is 6.18. The van der Waals surface area contributed by atoms with E-state index in [4.69, 9.17) is 4.74 Å². The molecule has 1 aliphatic heterocycles. The van der Waals surface area contributed by atoms with Crippen molar-refractivity contribution < 1.29 is 13.5 Å². The molecule has 0 aromatic heterocycles. The van der Waals surface area contributed by atoms with Crippen LogP contribution in [-0.2, 0) is 4.74 Å². The second-order valence-corrected chi connectivity index (χ2v) is 3.94. The van der Waals surface area contributed by atoms with Gasteiger partial charge in [0.2, 0.25) is 0 Å². The molecule has 0 spiro atoms. The number of hydrogen-bond donors (Lipinski definition) is 1. The van der Waals surface area contributed by atoms with E-state index in [1.165, 1.54) is 0 Å². The highest BCUT2D eigenvalue weighted by molar-refractivity contribution is 4.94. The summed E-state index contributed by atoms with van der Waals surface area (Å²) in [5, 5.41) is 3.21. The van der Waals surface area contributed by atoms with Crippen molar-refractivity contribution in [3.05, 3.63) is 0 Å². The first-order valence-corrected chi connectivity index (χ1v) is 4.88. The zero-order chi connectivity index (χ0) is 9.31. The van der Waals surface area contributed by atoms with Crippen molar-refractivity contribution in [2.45, 2.75) is 31.3 Å². The minimum atomic E-state index is -2.42. The van der Waals surface area contributed by atoms with Crippen molar-refractivity contribution in [1.82, 2.24) is 5.32 Å². The fraction of sp³-hybridized carbons (Fsp3) is 1.00. The molecule has 1 heterocycles. The Kier molecular flexibility index (Phi) is 2.51. The SMILES string of the molecule is FC1(F)CC1COC1CCNCC1. The Labute approximate surface area is 76.6 Å². The van der Waals surface area contributed by atoms with Gasteiger partial charge in [0.25, 0.3) is 5.92 Å². The molecule has 1 aliphatic carbocycles. The lowest BCUT2D eigenvalue weighted by atomic mass is 10.1. The van der Waals surface area contributed by atoms with E-state index in [1.807, 2.05) is 0 Å². The van der Waals surface area contributed by atoms with Gasteiger partial charge in [-0.15, -0.1) is 0 Å². The second kappa shape index (κ2) is 3.50. The zero-order valence-electron chi connectivity index (χ0n) is 7.56. The van der Waals surface area contributed by atoms with Gasteiger partial charge < -0.3 is 10.1 Å². The fourth-order valence-corrected chi connectivity index (χ4v) is 1.66. The topological polar surface area (TPSA) is 21.3 Å². The summed E-state index contributed by atoms with van der Waals surface area (Å²) in [6, 6.07) is 0. The van der Waals surface area contributed by atoms with Gasteiger partial charge in [0, 0.05) is 6.42 Å². The molecule has 0 radical (unpaired) electrons. The Balaban J connectivity index is 1.62. The van der Waals surface area contributed by atoms with Crippen molar-refractivity contribution >= 4 is 0 Å². The summed E-state index contributed by atoms with van der Waals surface area (Å²) in [6.07, 6.45) is 2.15. The van der Waals surface area contributed by atoms with Gasteiger partial charge in [0.15, 0.2) is 0 Å².